The van der Waals surface area contributed by atoms with Gasteiger partial charge in [-0.25, -0.2) is 5.12 Å². The van der Waals surface area contributed by atoms with Crippen LogP contribution in [0.2, 0.25) is 0 Å². The van der Waals surface area contributed by atoms with Crippen LogP contribution >= 0.6 is 0 Å². The first-order valence-corrected chi connectivity index (χ1v) is 4.76. The number of hydrogen-bond donors (Lipinski definition) is 1. The standard InChI is InChI=1S/C10H15N4O/c1-3-8-13(15)14(12-2)10-6-4-9(11)5-7-10/h4-7H,2-3,8,11H2,1H3/q-1. The van der Waals surface area contributed by atoms with Gasteiger partial charge in [0, 0.05) is 18.9 Å². The molecule has 0 aromatic heterocycles. The van der Waals surface area contributed by atoms with Crippen LogP contribution in [0, 0.1) is 5.21 Å². The van der Waals surface area contributed by atoms with E-state index in [1.807, 2.05) is 6.92 Å². The topological polar surface area (TPSA) is 67.9 Å². The molecule has 0 unspecified atom stereocenters. The maximum absolute atomic E-state index is 11.5. The van der Waals surface area contributed by atoms with E-state index in [2.05, 4.69) is 11.8 Å². The zero-order valence-corrected chi connectivity index (χ0v) is 8.76. The van der Waals surface area contributed by atoms with Gasteiger partial charge < -0.3 is 10.9 Å². The number of anilines is 2. The number of nitrogens with two attached hydrogens (primary N) is 1. The maximum Gasteiger partial charge on any atom is 0.0772 e. The minimum absolute atomic E-state index is 0.378. The lowest BCUT2D eigenvalue weighted by atomic mass is 10.3. The van der Waals surface area contributed by atoms with Gasteiger partial charge in [-0.05, 0) is 30.7 Å². The molecule has 0 fully saturated rings. The highest BCUT2D eigenvalue weighted by molar-refractivity contribution is 5.53. The third kappa shape index (κ3) is 2.93. The monoisotopic (exact) mass is 207 g/mol. The molecule has 0 spiro atoms. The van der Waals surface area contributed by atoms with Gasteiger partial charge in [0.1, 0.15) is 0 Å². The molecule has 0 saturated heterocycles. The fourth-order valence-corrected chi connectivity index (χ4v) is 1.17. The van der Waals surface area contributed by atoms with Gasteiger partial charge in [0.2, 0.25) is 0 Å². The smallest absolute Gasteiger partial charge is 0.0772 e. The van der Waals surface area contributed by atoms with Crippen molar-refractivity contribution in [3.05, 3.63) is 29.5 Å². The Hall–Kier alpha value is -1.59. The summed E-state index contributed by atoms with van der Waals surface area (Å²) >= 11 is 0. The van der Waals surface area contributed by atoms with Crippen molar-refractivity contribution in [2.75, 3.05) is 17.4 Å². The summed E-state index contributed by atoms with van der Waals surface area (Å²) in [5, 5.41) is 17.2. The van der Waals surface area contributed by atoms with E-state index < -0.39 is 0 Å². The largest absolute Gasteiger partial charge is 0.766 e. The minimum Gasteiger partial charge on any atom is -0.766 e. The average Bonchev–Trinajstić information content (AvgIpc) is 2.22. The van der Waals surface area contributed by atoms with Crippen LogP contribution in [0.15, 0.2) is 29.4 Å². The fourth-order valence-electron chi connectivity index (χ4n) is 1.17. The summed E-state index contributed by atoms with van der Waals surface area (Å²) < 4.78 is 0. The predicted molar refractivity (Wildman–Crippen MR) is 63.2 cm³/mol. The summed E-state index contributed by atoms with van der Waals surface area (Å²) in [4.78, 5) is 0. The van der Waals surface area contributed by atoms with Gasteiger partial charge in [-0.15, -0.1) is 0 Å². The molecule has 0 saturated carbocycles. The van der Waals surface area contributed by atoms with E-state index in [1.54, 1.807) is 24.3 Å². The average molecular weight is 207 g/mol. The number of nitrogen functional groups attached to an aromatic ring is 1. The summed E-state index contributed by atoms with van der Waals surface area (Å²) in [7, 11) is 0. The van der Waals surface area contributed by atoms with Crippen LogP contribution < -0.4 is 10.9 Å². The predicted octanol–water partition coefficient (Wildman–Crippen LogP) is 1.82. The van der Waals surface area contributed by atoms with Crippen LogP contribution in [0.3, 0.4) is 0 Å². The van der Waals surface area contributed by atoms with Gasteiger partial charge in [-0.3, -0.25) is 5.17 Å². The maximum atomic E-state index is 11.5. The van der Waals surface area contributed by atoms with Crippen molar-refractivity contribution < 1.29 is 0 Å². The number of hydrogen-bond acceptors (Lipinski definition) is 5. The molecule has 1 aromatic carbocycles. The molecule has 5 heteroatoms. The Kier molecular flexibility index (Phi) is 4.08. The van der Waals surface area contributed by atoms with Gasteiger partial charge in [0.15, 0.2) is 0 Å². The highest BCUT2D eigenvalue weighted by Crippen LogP contribution is 2.18. The van der Waals surface area contributed by atoms with E-state index in [4.69, 9.17) is 5.73 Å². The number of benzene rings is 1. The van der Waals surface area contributed by atoms with Crippen LogP contribution in [-0.2, 0) is 0 Å². The highest BCUT2D eigenvalue weighted by Gasteiger charge is 2.04. The first kappa shape index (κ1) is 11.5. The second-order valence-electron chi connectivity index (χ2n) is 3.10. The Labute approximate surface area is 89.3 Å². The summed E-state index contributed by atoms with van der Waals surface area (Å²) in [6.07, 6.45) is 0.754. The lowest BCUT2D eigenvalue weighted by Gasteiger charge is -2.36. The van der Waals surface area contributed by atoms with Gasteiger partial charge in [-0.2, -0.15) is 5.10 Å². The first-order chi connectivity index (χ1) is 7.19. The molecule has 1 aromatic rings. The first-order valence-electron chi connectivity index (χ1n) is 4.76. The van der Waals surface area contributed by atoms with E-state index >= 15 is 0 Å². The third-order valence-electron chi connectivity index (χ3n) is 1.88. The second-order valence-corrected chi connectivity index (χ2v) is 3.10. The number of hydrazone groups is 1. The second kappa shape index (κ2) is 5.33. The molecule has 1 rings (SSSR count). The summed E-state index contributed by atoms with van der Waals surface area (Å²) in [6.45, 7) is 5.67. The van der Waals surface area contributed by atoms with Crippen molar-refractivity contribution in [3.8, 4) is 0 Å². The molecule has 0 radical (unpaired) electrons. The third-order valence-corrected chi connectivity index (χ3v) is 1.88. The zero-order chi connectivity index (χ0) is 11.3. The van der Waals surface area contributed by atoms with E-state index in [-0.39, 0.29) is 0 Å². The van der Waals surface area contributed by atoms with Crippen molar-refractivity contribution in [1.29, 1.82) is 0 Å². The van der Waals surface area contributed by atoms with Gasteiger partial charge in [-0.1, -0.05) is 6.92 Å². The molecule has 15 heavy (non-hydrogen) atoms. The normalized spacial score (nSPS) is 10.3. The quantitative estimate of drug-likeness (QED) is 0.454. The summed E-state index contributed by atoms with van der Waals surface area (Å²) in [6, 6.07) is 6.88. The van der Waals surface area contributed by atoms with Gasteiger partial charge in [0.25, 0.3) is 0 Å². The molecule has 5 nitrogen and oxygen atoms in total. The number of rotatable bonds is 5. The molecule has 2 N–H and O–H groups in total. The van der Waals surface area contributed by atoms with E-state index in [9.17, 15) is 5.21 Å². The SMILES string of the molecule is C=NN(c1ccc(N)cc1)N([O-])CCC. The van der Waals surface area contributed by atoms with Crippen LogP contribution in [0.25, 0.3) is 0 Å². The Morgan fingerprint density at radius 1 is 1.40 bits per heavy atom. The minimum atomic E-state index is 0.378. The Balaban J connectivity index is 2.82. The van der Waals surface area contributed by atoms with Crippen molar-refractivity contribution in [3.63, 3.8) is 0 Å². The van der Waals surface area contributed by atoms with Crippen molar-refractivity contribution in [1.82, 2.24) is 5.17 Å². The Morgan fingerprint density at radius 2 is 2.00 bits per heavy atom. The number of hydrazine groups is 1. The molecule has 0 atom stereocenters. The number of hydroxylamine groups is 1. The summed E-state index contributed by atoms with van der Waals surface area (Å²) in [5.41, 5.74) is 6.85. The van der Waals surface area contributed by atoms with Crippen molar-refractivity contribution >= 4 is 18.1 Å². The van der Waals surface area contributed by atoms with Crippen LogP contribution in [-0.4, -0.2) is 18.4 Å². The molecule has 0 heterocycles. The molecule has 0 aliphatic carbocycles. The molecule has 0 bridgehead atoms. The lowest BCUT2D eigenvalue weighted by Crippen LogP contribution is -2.34. The van der Waals surface area contributed by atoms with E-state index in [1.165, 1.54) is 5.12 Å². The van der Waals surface area contributed by atoms with Crippen LogP contribution in [0.5, 0.6) is 0 Å². The number of nitrogens with zero attached hydrogens (tertiary/aromatic N) is 3. The lowest BCUT2D eigenvalue weighted by molar-refractivity contribution is 0.351. The zero-order valence-electron chi connectivity index (χ0n) is 8.76. The molecule has 0 aliphatic heterocycles. The van der Waals surface area contributed by atoms with Gasteiger partial charge >= 0.3 is 0 Å². The van der Waals surface area contributed by atoms with Crippen molar-refractivity contribution in [2.45, 2.75) is 13.3 Å². The fraction of sp³-hybridized carbons (Fsp3) is 0.300. The van der Waals surface area contributed by atoms with Crippen LogP contribution in [0.1, 0.15) is 13.3 Å². The van der Waals surface area contributed by atoms with E-state index in [0.717, 1.165) is 11.6 Å². The molecule has 0 amide bonds. The molecule has 82 valence electrons. The van der Waals surface area contributed by atoms with Crippen LogP contribution in [0.4, 0.5) is 11.4 Å². The molecular weight excluding hydrogens is 192 g/mol. The highest BCUT2D eigenvalue weighted by atomic mass is 16.6. The van der Waals surface area contributed by atoms with Crippen molar-refractivity contribution in [2.24, 2.45) is 5.10 Å². The van der Waals surface area contributed by atoms with Gasteiger partial charge in [0.05, 0.1) is 5.69 Å². The summed E-state index contributed by atoms with van der Waals surface area (Å²) in [5.74, 6) is 0. The molecule has 0 aliphatic rings. The van der Waals surface area contributed by atoms with E-state index in [0.29, 0.717) is 17.9 Å². The Morgan fingerprint density at radius 3 is 2.47 bits per heavy atom. The Bertz CT molecular complexity index is 312. The molecular formula is C10H15N4O-.